The molecule has 1 heterocycles. The van der Waals surface area contributed by atoms with Gasteiger partial charge in [-0.15, -0.1) is 5.10 Å². The largest absolute Gasteiger partial charge is 0.306 e. The van der Waals surface area contributed by atoms with Crippen molar-refractivity contribution >= 4 is 11.6 Å². The van der Waals surface area contributed by atoms with Gasteiger partial charge in [-0.25, -0.2) is 4.98 Å². The minimum atomic E-state index is -0.177. The molecule has 0 bridgehead atoms. The number of amides is 1. The molecular weight excluding hydrogens is 240 g/mol. The molecule has 0 aliphatic heterocycles. The molecule has 1 aromatic carbocycles. The van der Waals surface area contributed by atoms with E-state index in [1.807, 2.05) is 45.0 Å². The van der Waals surface area contributed by atoms with E-state index in [4.69, 9.17) is 0 Å². The SMILES string of the molecule is CCc1nc(C(=O)N(CC)c2cccc(C)c2)n[nH]1. The zero-order valence-corrected chi connectivity index (χ0v) is 11.5. The summed E-state index contributed by atoms with van der Waals surface area (Å²) in [6.07, 6.45) is 0.733. The Kier molecular flexibility index (Phi) is 3.94. The van der Waals surface area contributed by atoms with Gasteiger partial charge in [0.25, 0.3) is 5.91 Å². The van der Waals surface area contributed by atoms with Crippen LogP contribution in [0.25, 0.3) is 0 Å². The maximum absolute atomic E-state index is 12.4. The Hall–Kier alpha value is -2.17. The van der Waals surface area contributed by atoms with Crippen LogP contribution in [-0.4, -0.2) is 27.6 Å². The summed E-state index contributed by atoms with van der Waals surface area (Å²) in [4.78, 5) is 18.3. The first-order valence-electron chi connectivity index (χ1n) is 6.45. The number of aromatic amines is 1. The molecule has 2 aromatic rings. The Morgan fingerprint density at radius 1 is 1.37 bits per heavy atom. The zero-order valence-electron chi connectivity index (χ0n) is 11.5. The molecule has 0 spiro atoms. The van der Waals surface area contributed by atoms with E-state index in [-0.39, 0.29) is 11.7 Å². The van der Waals surface area contributed by atoms with Crippen LogP contribution in [0, 0.1) is 6.92 Å². The molecule has 1 N–H and O–H groups in total. The normalized spacial score (nSPS) is 10.5. The fraction of sp³-hybridized carbons (Fsp3) is 0.357. The number of anilines is 1. The van der Waals surface area contributed by atoms with E-state index in [1.54, 1.807) is 4.90 Å². The van der Waals surface area contributed by atoms with Gasteiger partial charge in [-0.05, 0) is 31.5 Å². The van der Waals surface area contributed by atoms with Crippen molar-refractivity contribution in [1.82, 2.24) is 15.2 Å². The molecule has 0 fully saturated rings. The molecule has 0 aliphatic carbocycles. The van der Waals surface area contributed by atoms with Gasteiger partial charge in [0.2, 0.25) is 5.82 Å². The van der Waals surface area contributed by atoms with Gasteiger partial charge in [0.05, 0.1) is 0 Å². The highest BCUT2D eigenvalue weighted by molar-refractivity contribution is 6.03. The molecule has 19 heavy (non-hydrogen) atoms. The lowest BCUT2D eigenvalue weighted by Gasteiger charge is -2.19. The summed E-state index contributed by atoms with van der Waals surface area (Å²) in [5.41, 5.74) is 1.99. The summed E-state index contributed by atoms with van der Waals surface area (Å²) >= 11 is 0. The van der Waals surface area contributed by atoms with Crippen LogP contribution in [0.15, 0.2) is 24.3 Å². The number of aromatic nitrogens is 3. The van der Waals surface area contributed by atoms with Gasteiger partial charge >= 0.3 is 0 Å². The number of aryl methyl sites for hydroxylation is 2. The number of hydrogen-bond donors (Lipinski definition) is 1. The molecule has 0 atom stereocenters. The van der Waals surface area contributed by atoms with Crippen molar-refractivity contribution in [3.05, 3.63) is 41.5 Å². The minimum Gasteiger partial charge on any atom is -0.306 e. The van der Waals surface area contributed by atoms with E-state index in [0.29, 0.717) is 6.54 Å². The molecule has 5 heteroatoms. The number of rotatable bonds is 4. The Balaban J connectivity index is 2.29. The first-order valence-corrected chi connectivity index (χ1v) is 6.45. The second kappa shape index (κ2) is 5.65. The van der Waals surface area contributed by atoms with E-state index >= 15 is 0 Å². The molecule has 0 unspecified atom stereocenters. The highest BCUT2D eigenvalue weighted by Crippen LogP contribution is 2.17. The summed E-state index contributed by atoms with van der Waals surface area (Å²) in [5.74, 6) is 0.771. The fourth-order valence-corrected chi connectivity index (χ4v) is 1.91. The lowest BCUT2D eigenvalue weighted by molar-refractivity contribution is 0.0978. The summed E-state index contributed by atoms with van der Waals surface area (Å²) in [6, 6.07) is 7.84. The zero-order chi connectivity index (χ0) is 13.8. The maximum atomic E-state index is 12.4. The summed E-state index contributed by atoms with van der Waals surface area (Å²) in [6.45, 7) is 6.49. The minimum absolute atomic E-state index is 0.177. The van der Waals surface area contributed by atoms with Gasteiger partial charge in [0.15, 0.2) is 0 Å². The highest BCUT2D eigenvalue weighted by atomic mass is 16.2. The number of H-pyrrole nitrogens is 1. The number of benzene rings is 1. The van der Waals surface area contributed by atoms with Crippen LogP contribution in [0.1, 0.15) is 35.9 Å². The molecule has 0 saturated carbocycles. The average Bonchev–Trinajstić information content (AvgIpc) is 2.88. The van der Waals surface area contributed by atoms with Crippen molar-refractivity contribution in [2.75, 3.05) is 11.4 Å². The van der Waals surface area contributed by atoms with Crippen LogP contribution in [0.3, 0.4) is 0 Å². The van der Waals surface area contributed by atoms with E-state index in [2.05, 4.69) is 15.2 Å². The number of hydrogen-bond acceptors (Lipinski definition) is 3. The molecule has 0 radical (unpaired) electrons. The topological polar surface area (TPSA) is 61.9 Å². The molecule has 1 amide bonds. The van der Waals surface area contributed by atoms with Crippen molar-refractivity contribution in [2.45, 2.75) is 27.2 Å². The second-order valence-electron chi connectivity index (χ2n) is 4.35. The van der Waals surface area contributed by atoms with E-state index < -0.39 is 0 Å². The van der Waals surface area contributed by atoms with Gasteiger partial charge in [0.1, 0.15) is 5.82 Å². The van der Waals surface area contributed by atoms with Crippen molar-refractivity contribution in [2.24, 2.45) is 0 Å². The van der Waals surface area contributed by atoms with Crippen LogP contribution < -0.4 is 4.90 Å². The molecule has 5 nitrogen and oxygen atoms in total. The number of carbonyl (C=O) groups is 1. The lowest BCUT2D eigenvalue weighted by Crippen LogP contribution is -2.31. The van der Waals surface area contributed by atoms with Gasteiger partial charge in [-0.3, -0.25) is 9.89 Å². The van der Waals surface area contributed by atoms with Crippen LogP contribution in [0.5, 0.6) is 0 Å². The van der Waals surface area contributed by atoms with Crippen LogP contribution in [-0.2, 0) is 6.42 Å². The smallest absolute Gasteiger partial charge is 0.297 e. The second-order valence-corrected chi connectivity index (χ2v) is 4.35. The van der Waals surface area contributed by atoms with Gasteiger partial charge < -0.3 is 4.90 Å². The van der Waals surface area contributed by atoms with E-state index in [0.717, 1.165) is 23.5 Å². The van der Waals surface area contributed by atoms with Crippen molar-refractivity contribution in [3.63, 3.8) is 0 Å². The average molecular weight is 258 g/mol. The van der Waals surface area contributed by atoms with Crippen LogP contribution >= 0.6 is 0 Å². The summed E-state index contributed by atoms with van der Waals surface area (Å²) in [7, 11) is 0. The molecule has 100 valence electrons. The van der Waals surface area contributed by atoms with E-state index in [1.165, 1.54) is 0 Å². The highest BCUT2D eigenvalue weighted by Gasteiger charge is 2.20. The molecular formula is C14H18N4O. The Morgan fingerprint density at radius 2 is 2.16 bits per heavy atom. The third-order valence-electron chi connectivity index (χ3n) is 2.93. The van der Waals surface area contributed by atoms with Crippen LogP contribution in [0.2, 0.25) is 0 Å². The Labute approximate surface area is 112 Å². The first-order chi connectivity index (χ1) is 9.15. The summed E-state index contributed by atoms with van der Waals surface area (Å²) in [5, 5.41) is 6.75. The third kappa shape index (κ3) is 2.81. The fourth-order valence-electron chi connectivity index (χ4n) is 1.91. The Bertz CT molecular complexity index is 576. The predicted molar refractivity (Wildman–Crippen MR) is 74.3 cm³/mol. The first kappa shape index (κ1) is 13.3. The lowest BCUT2D eigenvalue weighted by atomic mass is 10.2. The number of nitrogens with one attached hydrogen (secondary N) is 1. The standard InChI is InChI=1S/C14H18N4O/c1-4-12-15-13(17-16-12)14(19)18(5-2)11-8-6-7-10(3)9-11/h6-9H,4-5H2,1-3H3,(H,15,16,17). The third-order valence-corrected chi connectivity index (χ3v) is 2.93. The van der Waals surface area contributed by atoms with Crippen molar-refractivity contribution in [1.29, 1.82) is 0 Å². The number of nitrogens with zero attached hydrogens (tertiary/aromatic N) is 3. The Morgan fingerprint density at radius 3 is 2.74 bits per heavy atom. The number of carbonyl (C=O) groups excluding carboxylic acids is 1. The van der Waals surface area contributed by atoms with Crippen LogP contribution in [0.4, 0.5) is 5.69 Å². The molecule has 0 saturated heterocycles. The summed E-state index contributed by atoms with van der Waals surface area (Å²) < 4.78 is 0. The quantitative estimate of drug-likeness (QED) is 0.915. The molecule has 1 aromatic heterocycles. The van der Waals surface area contributed by atoms with Gasteiger partial charge in [-0.2, -0.15) is 0 Å². The van der Waals surface area contributed by atoms with E-state index in [9.17, 15) is 4.79 Å². The predicted octanol–water partition coefficient (Wildman–Crippen LogP) is 2.34. The van der Waals surface area contributed by atoms with Crippen molar-refractivity contribution < 1.29 is 4.79 Å². The van der Waals surface area contributed by atoms with Gasteiger partial charge in [-0.1, -0.05) is 19.1 Å². The monoisotopic (exact) mass is 258 g/mol. The maximum Gasteiger partial charge on any atom is 0.297 e. The van der Waals surface area contributed by atoms with Crippen molar-refractivity contribution in [3.8, 4) is 0 Å². The molecule has 2 rings (SSSR count). The van der Waals surface area contributed by atoms with Gasteiger partial charge in [0, 0.05) is 18.7 Å². The molecule has 0 aliphatic rings.